The number of alkyl halides is 2. The third kappa shape index (κ3) is 3.14. The molecule has 2 aromatic heterocycles. The first-order valence-electron chi connectivity index (χ1n) is 6.46. The maximum Gasteiger partial charge on any atom is 0.193 e. The van der Waals surface area contributed by atoms with E-state index in [2.05, 4.69) is 94.2 Å². The lowest BCUT2D eigenvalue weighted by atomic mass is 9.80. The van der Waals surface area contributed by atoms with Crippen LogP contribution in [-0.2, 0) is 11.8 Å². The molecule has 2 nitrogen and oxygen atoms in total. The lowest BCUT2D eigenvalue weighted by molar-refractivity contribution is 0.544. The standard InChI is InChI=1S/C15H13Br3N2S/c16-9-15(10-17,11-2-1-3-12(18)6-11)7-13-8-20-4-5-21-14(20)19-13/h1-6,8H,7,9-10H2. The average Bonchev–Trinajstić information content (AvgIpc) is 3.06. The molecular formula is C15H13Br3N2S. The topological polar surface area (TPSA) is 17.3 Å². The summed E-state index contributed by atoms with van der Waals surface area (Å²) in [5.41, 5.74) is 2.43. The fourth-order valence-electron chi connectivity index (χ4n) is 2.41. The van der Waals surface area contributed by atoms with Crippen LogP contribution in [-0.4, -0.2) is 20.0 Å². The molecule has 2 heterocycles. The Morgan fingerprint density at radius 3 is 2.71 bits per heavy atom. The van der Waals surface area contributed by atoms with Crippen LogP contribution in [0.3, 0.4) is 0 Å². The van der Waals surface area contributed by atoms with Crippen LogP contribution in [0.2, 0.25) is 0 Å². The van der Waals surface area contributed by atoms with Crippen molar-refractivity contribution in [3.05, 3.63) is 57.8 Å². The number of aromatic nitrogens is 2. The van der Waals surface area contributed by atoms with Gasteiger partial charge in [-0.3, -0.25) is 4.40 Å². The quantitative estimate of drug-likeness (QED) is 0.434. The minimum Gasteiger partial charge on any atom is -0.297 e. The molecule has 0 amide bonds. The molecule has 0 aliphatic rings. The smallest absolute Gasteiger partial charge is 0.193 e. The van der Waals surface area contributed by atoms with Gasteiger partial charge in [0.15, 0.2) is 4.96 Å². The number of thiazole rings is 1. The second-order valence-electron chi connectivity index (χ2n) is 5.06. The summed E-state index contributed by atoms with van der Waals surface area (Å²) in [5, 5.41) is 3.82. The summed E-state index contributed by atoms with van der Waals surface area (Å²) < 4.78 is 3.20. The third-order valence-corrected chi connectivity index (χ3v) is 7.02. The van der Waals surface area contributed by atoms with Crippen molar-refractivity contribution >= 4 is 64.1 Å². The van der Waals surface area contributed by atoms with E-state index in [0.717, 1.165) is 32.2 Å². The van der Waals surface area contributed by atoms with Crippen LogP contribution in [0, 0.1) is 0 Å². The molecule has 3 rings (SSSR count). The Balaban J connectivity index is 1.98. The van der Waals surface area contributed by atoms with E-state index in [1.165, 1.54) is 5.56 Å². The van der Waals surface area contributed by atoms with Gasteiger partial charge in [-0.15, -0.1) is 11.3 Å². The van der Waals surface area contributed by atoms with Gasteiger partial charge in [0.25, 0.3) is 0 Å². The lowest BCUT2D eigenvalue weighted by Crippen LogP contribution is -2.33. The molecular weight excluding hydrogens is 480 g/mol. The molecule has 0 fully saturated rings. The third-order valence-electron chi connectivity index (χ3n) is 3.61. The summed E-state index contributed by atoms with van der Waals surface area (Å²) in [6, 6.07) is 8.53. The Morgan fingerprint density at radius 2 is 2.05 bits per heavy atom. The van der Waals surface area contributed by atoms with E-state index in [9.17, 15) is 0 Å². The molecule has 3 aromatic rings. The summed E-state index contributed by atoms with van der Waals surface area (Å²) in [6.45, 7) is 0. The van der Waals surface area contributed by atoms with Crippen LogP contribution in [0.5, 0.6) is 0 Å². The van der Waals surface area contributed by atoms with Gasteiger partial charge in [-0.2, -0.15) is 0 Å². The van der Waals surface area contributed by atoms with Crippen molar-refractivity contribution < 1.29 is 0 Å². The minimum atomic E-state index is -0.00614. The SMILES string of the molecule is BrCC(CBr)(Cc1cn2ccsc2n1)c1cccc(Br)c1. The van der Waals surface area contributed by atoms with Crippen LogP contribution in [0.15, 0.2) is 46.5 Å². The van der Waals surface area contributed by atoms with Gasteiger partial charge < -0.3 is 0 Å². The molecule has 1 aromatic carbocycles. The number of rotatable bonds is 5. The number of hydrogen-bond donors (Lipinski definition) is 0. The molecule has 0 unspecified atom stereocenters. The first kappa shape index (κ1) is 15.7. The maximum atomic E-state index is 4.73. The zero-order chi connectivity index (χ0) is 14.9. The highest BCUT2D eigenvalue weighted by Gasteiger charge is 2.31. The predicted molar refractivity (Wildman–Crippen MR) is 100 cm³/mol. The summed E-state index contributed by atoms with van der Waals surface area (Å²) >= 11 is 12.7. The van der Waals surface area contributed by atoms with Gasteiger partial charge in [0.2, 0.25) is 0 Å². The molecule has 0 atom stereocenters. The van der Waals surface area contributed by atoms with Gasteiger partial charge in [-0.05, 0) is 17.7 Å². The lowest BCUT2D eigenvalue weighted by Gasteiger charge is -2.30. The molecule has 0 N–H and O–H groups in total. The number of halogens is 3. The highest BCUT2D eigenvalue weighted by molar-refractivity contribution is 9.10. The van der Waals surface area contributed by atoms with Crippen LogP contribution in [0.1, 0.15) is 11.3 Å². The van der Waals surface area contributed by atoms with E-state index in [0.29, 0.717) is 0 Å². The molecule has 0 radical (unpaired) electrons. The summed E-state index contributed by atoms with van der Waals surface area (Å²) in [6.07, 6.45) is 5.08. The van der Waals surface area contributed by atoms with Crippen molar-refractivity contribution in [1.82, 2.24) is 9.38 Å². The first-order chi connectivity index (χ1) is 10.2. The van der Waals surface area contributed by atoms with Crippen molar-refractivity contribution in [3.63, 3.8) is 0 Å². The van der Waals surface area contributed by atoms with Gasteiger partial charge in [0.1, 0.15) is 0 Å². The summed E-state index contributed by atoms with van der Waals surface area (Å²) in [5.74, 6) is 0. The molecule has 0 saturated carbocycles. The molecule has 0 saturated heterocycles. The highest BCUT2D eigenvalue weighted by atomic mass is 79.9. The molecule has 21 heavy (non-hydrogen) atoms. The molecule has 0 aliphatic heterocycles. The second-order valence-corrected chi connectivity index (χ2v) is 7.97. The fourth-order valence-corrected chi connectivity index (χ4v) is 5.50. The Morgan fingerprint density at radius 1 is 1.24 bits per heavy atom. The van der Waals surface area contributed by atoms with Crippen molar-refractivity contribution in [1.29, 1.82) is 0 Å². The average molecular weight is 493 g/mol. The Hall–Kier alpha value is -0.170. The molecule has 0 spiro atoms. The van der Waals surface area contributed by atoms with E-state index in [4.69, 9.17) is 4.98 Å². The van der Waals surface area contributed by atoms with E-state index >= 15 is 0 Å². The first-order valence-corrected chi connectivity index (χ1v) is 10.4. The minimum absolute atomic E-state index is 0.00614. The summed E-state index contributed by atoms with van der Waals surface area (Å²) in [4.78, 5) is 5.78. The van der Waals surface area contributed by atoms with Gasteiger partial charge in [0.05, 0.1) is 5.69 Å². The van der Waals surface area contributed by atoms with Gasteiger partial charge >= 0.3 is 0 Å². The van der Waals surface area contributed by atoms with Gasteiger partial charge in [-0.1, -0.05) is 59.9 Å². The van der Waals surface area contributed by atoms with Crippen molar-refractivity contribution in [3.8, 4) is 0 Å². The fraction of sp³-hybridized carbons (Fsp3) is 0.267. The van der Waals surface area contributed by atoms with Gasteiger partial charge in [-0.25, -0.2) is 4.98 Å². The molecule has 110 valence electrons. The number of hydrogen-bond acceptors (Lipinski definition) is 2. The number of fused-ring (bicyclic) bond motifs is 1. The van der Waals surface area contributed by atoms with Gasteiger partial charge in [0, 0.05) is 44.7 Å². The maximum absolute atomic E-state index is 4.73. The zero-order valence-corrected chi connectivity index (χ0v) is 16.7. The van der Waals surface area contributed by atoms with Crippen molar-refractivity contribution in [2.24, 2.45) is 0 Å². The molecule has 0 aliphatic carbocycles. The van der Waals surface area contributed by atoms with E-state index < -0.39 is 0 Å². The zero-order valence-electron chi connectivity index (χ0n) is 11.1. The summed E-state index contributed by atoms with van der Waals surface area (Å²) in [7, 11) is 0. The van der Waals surface area contributed by atoms with E-state index in [-0.39, 0.29) is 5.41 Å². The van der Waals surface area contributed by atoms with Crippen LogP contribution >= 0.6 is 59.1 Å². The van der Waals surface area contributed by atoms with Crippen molar-refractivity contribution in [2.75, 3.05) is 10.7 Å². The Kier molecular flexibility index (Phi) is 4.88. The predicted octanol–water partition coefficient (Wildman–Crippen LogP) is 5.43. The largest absolute Gasteiger partial charge is 0.297 e. The van der Waals surface area contributed by atoms with Crippen LogP contribution < -0.4 is 0 Å². The van der Waals surface area contributed by atoms with E-state index in [1.807, 2.05) is 0 Å². The molecule has 6 heteroatoms. The molecule has 0 bridgehead atoms. The number of imidazole rings is 1. The van der Waals surface area contributed by atoms with Crippen LogP contribution in [0.25, 0.3) is 4.96 Å². The van der Waals surface area contributed by atoms with Crippen LogP contribution in [0.4, 0.5) is 0 Å². The van der Waals surface area contributed by atoms with Crippen molar-refractivity contribution in [2.45, 2.75) is 11.8 Å². The monoisotopic (exact) mass is 490 g/mol. The Bertz CT molecular complexity index is 718. The number of benzene rings is 1. The normalized spacial score (nSPS) is 12.1. The second kappa shape index (κ2) is 6.52. The number of nitrogens with zero attached hydrogens (tertiary/aromatic N) is 2. The Labute approximate surface area is 153 Å². The van der Waals surface area contributed by atoms with E-state index in [1.54, 1.807) is 11.3 Å². The highest BCUT2D eigenvalue weighted by Crippen LogP contribution is 2.34.